The zero-order valence-corrected chi connectivity index (χ0v) is 20.6. The summed E-state index contributed by atoms with van der Waals surface area (Å²) in [6.07, 6.45) is 1.55. The summed E-state index contributed by atoms with van der Waals surface area (Å²) in [5.41, 5.74) is 0.701. The lowest BCUT2D eigenvalue weighted by molar-refractivity contribution is -0.135. The Kier molecular flexibility index (Phi) is 6.29. The van der Waals surface area contributed by atoms with Gasteiger partial charge in [-0.1, -0.05) is 18.2 Å². The molecule has 2 amide bonds. The summed E-state index contributed by atoms with van der Waals surface area (Å²) in [4.78, 5) is 39.1. The van der Waals surface area contributed by atoms with Gasteiger partial charge in [-0.3, -0.25) is 14.4 Å². The number of methoxy groups -OCH3 is 3. The van der Waals surface area contributed by atoms with Gasteiger partial charge in [0.1, 0.15) is 6.04 Å². The van der Waals surface area contributed by atoms with Crippen molar-refractivity contribution < 1.29 is 28.6 Å². The first-order chi connectivity index (χ1) is 16.6. The van der Waals surface area contributed by atoms with Gasteiger partial charge in [0.25, 0.3) is 11.8 Å². The molecule has 0 aliphatic carbocycles. The molecule has 2 aliphatic rings. The number of nitrogens with zero attached hydrogens (tertiary/aromatic N) is 2. The molecular weight excluding hydrogens is 450 g/mol. The highest BCUT2D eigenvalue weighted by molar-refractivity contribution is 6.01. The second-order valence-electron chi connectivity index (χ2n) is 8.96. The van der Waals surface area contributed by atoms with Gasteiger partial charge in [0, 0.05) is 17.3 Å². The smallest absolute Gasteiger partial charge is 0.265 e. The lowest BCUT2D eigenvalue weighted by atomic mass is 9.89. The van der Waals surface area contributed by atoms with Gasteiger partial charge >= 0.3 is 0 Å². The van der Waals surface area contributed by atoms with E-state index in [0.29, 0.717) is 33.9 Å². The molecule has 9 nitrogen and oxygen atoms in total. The van der Waals surface area contributed by atoms with Crippen molar-refractivity contribution in [1.29, 1.82) is 0 Å². The molecule has 0 unspecified atom stereocenters. The summed E-state index contributed by atoms with van der Waals surface area (Å²) in [5, 5.41) is 6.14. The molecule has 0 aromatic heterocycles. The van der Waals surface area contributed by atoms with Crippen molar-refractivity contribution in [3.05, 3.63) is 65.4 Å². The van der Waals surface area contributed by atoms with Gasteiger partial charge in [-0.25, -0.2) is 5.01 Å². The summed E-state index contributed by atoms with van der Waals surface area (Å²) < 4.78 is 16.5. The van der Waals surface area contributed by atoms with Gasteiger partial charge in [0.15, 0.2) is 17.3 Å². The number of rotatable bonds is 7. The number of ketones is 1. The normalized spacial score (nSPS) is 20.8. The standard InChI is InChI=1S/C26H29N3O6/c1-15(30)18-14-28-25(32)23(27-24(31)16-10-8-7-9-11-16)26(2,3)29(28)21(18)17-12-19(33-4)22(35-6)20(13-17)34-5/h7-14,21,23H,1-6H3,(H,27,31)/t21-,23-/m0/s1. The fourth-order valence-electron chi connectivity index (χ4n) is 4.77. The number of benzene rings is 2. The monoisotopic (exact) mass is 479 g/mol. The van der Waals surface area contributed by atoms with Crippen LogP contribution in [-0.4, -0.2) is 60.5 Å². The van der Waals surface area contributed by atoms with E-state index >= 15 is 0 Å². The quantitative estimate of drug-likeness (QED) is 0.652. The van der Waals surface area contributed by atoms with Gasteiger partial charge in [-0.2, -0.15) is 5.01 Å². The molecule has 0 saturated carbocycles. The molecule has 35 heavy (non-hydrogen) atoms. The third-order valence-corrected chi connectivity index (χ3v) is 6.52. The van der Waals surface area contributed by atoms with Gasteiger partial charge in [0.05, 0.1) is 32.9 Å². The average molecular weight is 480 g/mol. The van der Waals surface area contributed by atoms with Gasteiger partial charge in [-0.15, -0.1) is 0 Å². The highest BCUT2D eigenvalue weighted by Gasteiger charge is 2.59. The van der Waals surface area contributed by atoms with E-state index in [4.69, 9.17) is 14.2 Å². The van der Waals surface area contributed by atoms with Crippen LogP contribution in [0, 0.1) is 0 Å². The number of hydrazine groups is 1. The maximum Gasteiger partial charge on any atom is 0.265 e. The molecule has 2 aromatic rings. The van der Waals surface area contributed by atoms with E-state index in [2.05, 4.69) is 5.32 Å². The minimum Gasteiger partial charge on any atom is -0.493 e. The Morgan fingerprint density at radius 2 is 1.57 bits per heavy atom. The van der Waals surface area contributed by atoms with E-state index in [1.54, 1.807) is 42.6 Å². The van der Waals surface area contributed by atoms with E-state index in [0.717, 1.165) is 0 Å². The summed E-state index contributed by atoms with van der Waals surface area (Å²) in [6.45, 7) is 5.19. The predicted molar refractivity (Wildman–Crippen MR) is 128 cm³/mol. The Morgan fingerprint density at radius 1 is 0.971 bits per heavy atom. The number of hydrogen-bond donors (Lipinski definition) is 1. The van der Waals surface area contributed by atoms with Gasteiger partial charge in [0.2, 0.25) is 5.75 Å². The minimum atomic E-state index is -0.875. The highest BCUT2D eigenvalue weighted by Crippen LogP contribution is 2.49. The van der Waals surface area contributed by atoms with E-state index in [9.17, 15) is 14.4 Å². The van der Waals surface area contributed by atoms with Crippen LogP contribution in [0.2, 0.25) is 0 Å². The lowest BCUT2D eigenvalue weighted by Crippen LogP contribution is -2.54. The molecule has 4 rings (SSSR count). The van der Waals surface area contributed by atoms with Crippen LogP contribution in [0.1, 0.15) is 42.7 Å². The molecule has 9 heteroatoms. The molecule has 2 aromatic carbocycles. The average Bonchev–Trinajstić information content (AvgIpc) is 3.35. The van der Waals surface area contributed by atoms with Crippen LogP contribution >= 0.6 is 0 Å². The van der Waals surface area contributed by atoms with E-state index in [-0.39, 0.29) is 17.6 Å². The number of nitrogens with one attached hydrogen (secondary N) is 1. The number of Topliss-reactive ketones (excluding diaryl/α,β-unsaturated/α-hetero) is 1. The number of carbonyl (C=O) groups excluding carboxylic acids is 3. The molecule has 0 bridgehead atoms. The van der Waals surface area contributed by atoms with Gasteiger partial charge < -0.3 is 19.5 Å². The maximum absolute atomic E-state index is 13.5. The number of carbonyl (C=O) groups is 3. The first-order valence-corrected chi connectivity index (χ1v) is 11.2. The molecule has 1 fully saturated rings. The summed E-state index contributed by atoms with van der Waals surface area (Å²) >= 11 is 0. The van der Waals surface area contributed by atoms with Crippen molar-refractivity contribution in [1.82, 2.24) is 15.3 Å². The molecular formula is C26H29N3O6. The third kappa shape index (κ3) is 3.91. The van der Waals surface area contributed by atoms with Crippen LogP contribution in [0.15, 0.2) is 54.2 Å². The molecule has 2 heterocycles. The molecule has 0 spiro atoms. The fraction of sp³-hybridized carbons (Fsp3) is 0.346. The topological polar surface area (TPSA) is 97.4 Å². The van der Waals surface area contributed by atoms with Crippen molar-refractivity contribution in [3.63, 3.8) is 0 Å². The number of ether oxygens (including phenoxy) is 3. The Balaban J connectivity index is 1.78. The number of amides is 2. The zero-order valence-electron chi connectivity index (χ0n) is 20.6. The van der Waals surface area contributed by atoms with Crippen LogP contribution < -0.4 is 19.5 Å². The Hall–Kier alpha value is -3.85. The maximum atomic E-state index is 13.5. The first kappa shape index (κ1) is 24.3. The van der Waals surface area contributed by atoms with Crippen LogP contribution in [0.3, 0.4) is 0 Å². The number of fused-ring (bicyclic) bond motifs is 1. The van der Waals surface area contributed by atoms with Crippen LogP contribution in [-0.2, 0) is 9.59 Å². The van der Waals surface area contributed by atoms with Crippen molar-refractivity contribution in [2.75, 3.05) is 21.3 Å². The van der Waals surface area contributed by atoms with Crippen molar-refractivity contribution in [2.24, 2.45) is 0 Å². The number of hydrogen-bond acceptors (Lipinski definition) is 7. The summed E-state index contributed by atoms with van der Waals surface area (Å²) in [7, 11) is 4.55. The van der Waals surface area contributed by atoms with Crippen molar-refractivity contribution in [2.45, 2.75) is 38.4 Å². The first-order valence-electron chi connectivity index (χ1n) is 11.2. The van der Waals surface area contributed by atoms with Gasteiger partial charge in [-0.05, 0) is 50.6 Å². The Morgan fingerprint density at radius 3 is 2.09 bits per heavy atom. The lowest BCUT2D eigenvalue weighted by Gasteiger charge is -2.38. The molecule has 2 aliphatic heterocycles. The zero-order chi connectivity index (χ0) is 25.5. The Bertz CT molecular complexity index is 1180. The summed E-state index contributed by atoms with van der Waals surface area (Å²) in [5.74, 6) is 0.437. The largest absolute Gasteiger partial charge is 0.493 e. The second kappa shape index (κ2) is 9.07. The van der Waals surface area contributed by atoms with E-state index in [1.807, 2.05) is 24.9 Å². The molecule has 0 radical (unpaired) electrons. The molecule has 1 saturated heterocycles. The molecule has 184 valence electrons. The van der Waals surface area contributed by atoms with E-state index in [1.165, 1.54) is 33.3 Å². The predicted octanol–water partition coefficient (Wildman–Crippen LogP) is 2.88. The van der Waals surface area contributed by atoms with Crippen LogP contribution in [0.5, 0.6) is 17.2 Å². The van der Waals surface area contributed by atoms with Crippen molar-refractivity contribution >= 4 is 17.6 Å². The third-order valence-electron chi connectivity index (χ3n) is 6.52. The molecule has 2 atom stereocenters. The fourth-order valence-corrected chi connectivity index (χ4v) is 4.77. The molecule has 1 N–H and O–H groups in total. The van der Waals surface area contributed by atoms with Crippen LogP contribution in [0.4, 0.5) is 0 Å². The van der Waals surface area contributed by atoms with E-state index < -0.39 is 17.6 Å². The van der Waals surface area contributed by atoms with Crippen molar-refractivity contribution in [3.8, 4) is 17.2 Å². The van der Waals surface area contributed by atoms with Crippen LogP contribution in [0.25, 0.3) is 0 Å². The SMILES string of the molecule is COc1cc([C@H]2C(C(C)=O)=CN3C(=O)[C@H](NC(=O)c4ccccc4)C(C)(C)N23)cc(OC)c1OC. The minimum absolute atomic E-state index is 0.174. The highest BCUT2D eigenvalue weighted by atomic mass is 16.5. The summed E-state index contributed by atoms with van der Waals surface area (Å²) in [6, 6.07) is 10.8. The Labute approximate surface area is 204 Å². The second-order valence-corrected chi connectivity index (χ2v) is 8.96.